The number of carbonyl (C=O) groups is 1. The number of methoxy groups -OCH3 is 1. The van der Waals surface area contributed by atoms with Crippen LogP contribution in [0, 0.1) is 11.8 Å². The standard InChI is InChI=1S/C23H25NO2/c1-26-20-11-8-16(9-12-20)14-21(18-5-3-2-4-6-18)23(25)24-22-15-17-7-10-19(22)13-17/h2-6,8-9,11-12,14,17,19,22H,7,10,13,15H2,1H3,(H,24,25)/b21-14+/t17-,19+,22+/m1/s1. The van der Waals surface area contributed by atoms with Crippen LogP contribution in [0.1, 0.15) is 36.8 Å². The Morgan fingerprint density at radius 1 is 1.04 bits per heavy atom. The molecule has 0 heterocycles. The van der Waals surface area contributed by atoms with Crippen molar-refractivity contribution in [1.29, 1.82) is 0 Å². The van der Waals surface area contributed by atoms with Crippen molar-refractivity contribution >= 4 is 17.6 Å². The highest BCUT2D eigenvalue weighted by atomic mass is 16.5. The molecule has 0 saturated heterocycles. The molecule has 4 rings (SSSR count). The van der Waals surface area contributed by atoms with Crippen molar-refractivity contribution in [1.82, 2.24) is 5.32 Å². The molecule has 2 aromatic rings. The number of ether oxygens (including phenoxy) is 1. The smallest absolute Gasteiger partial charge is 0.252 e. The summed E-state index contributed by atoms with van der Waals surface area (Å²) in [6.07, 6.45) is 6.99. The maximum absolute atomic E-state index is 13.1. The molecule has 0 spiro atoms. The number of hydrogen-bond acceptors (Lipinski definition) is 2. The first-order valence-corrected chi connectivity index (χ1v) is 9.45. The molecule has 3 nitrogen and oxygen atoms in total. The molecule has 0 radical (unpaired) electrons. The van der Waals surface area contributed by atoms with Gasteiger partial charge in [-0.3, -0.25) is 4.79 Å². The van der Waals surface area contributed by atoms with Crippen molar-refractivity contribution in [2.45, 2.75) is 31.7 Å². The monoisotopic (exact) mass is 347 g/mol. The van der Waals surface area contributed by atoms with E-state index in [0.717, 1.165) is 34.8 Å². The molecule has 0 unspecified atom stereocenters. The molecule has 2 saturated carbocycles. The Morgan fingerprint density at radius 3 is 2.42 bits per heavy atom. The molecular weight excluding hydrogens is 322 g/mol. The first-order chi connectivity index (χ1) is 12.7. The third-order valence-electron chi connectivity index (χ3n) is 5.81. The summed E-state index contributed by atoms with van der Waals surface area (Å²) in [7, 11) is 1.66. The molecule has 2 fully saturated rings. The van der Waals surface area contributed by atoms with Crippen LogP contribution in [0.5, 0.6) is 5.75 Å². The van der Waals surface area contributed by atoms with E-state index in [1.54, 1.807) is 7.11 Å². The van der Waals surface area contributed by atoms with E-state index < -0.39 is 0 Å². The molecule has 26 heavy (non-hydrogen) atoms. The van der Waals surface area contributed by atoms with Gasteiger partial charge in [0.25, 0.3) is 5.91 Å². The molecule has 2 aliphatic carbocycles. The summed E-state index contributed by atoms with van der Waals surface area (Å²) < 4.78 is 5.22. The summed E-state index contributed by atoms with van der Waals surface area (Å²) in [4.78, 5) is 13.1. The summed E-state index contributed by atoms with van der Waals surface area (Å²) in [6, 6.07) is 18.0. The number of amides is 1. The normalized spacial score (nSPS) is 24.5. The van der Waals surface area contributed by atoms with Crippen molar-refractivity contribution in [2.24, 2.45) is 11.8 Å². The third-order valence-corrected chi connectivity index (χ3v) is 5.81. The third kappa shape index (κ3) is 3.52. The molecule has 0 aromatic heterocycles. The van der Waals surface area contributed by atoms with Crippen LogP contribution in [-0.2, 0) is 4.79 Å². The minimum Gasteiger partial charge on any atom is -0.497 e. The van der Waals surface area contributed by atoms with Crippen molar-refractivity contribution in [3.8, 4) is 5.75 Å². The van der Waals surface area contributed by atoms with Gasteiger partial charge < -0.3 is 10.1 Å². The summed E-state index contributed by atoms with van der Waals surface area (Å²) in [5.74, 6) is 2.33. The predicted molar refractivity (Wildman–Crippen MR) is 105 cm³/mol. The van der Waals surface area contributed by atoms with Gasteiger partial charge in [-0.25, -0.2) is 0 Å². The van der Waals surface area contributed by atoms with E-state index in [4.69, 9.17) is 4.74 Å². The number of benzene rings is 2. The highest BCUT2D eigenvalue weighted by Crippen LogP contribution is 2.44. The van der Waals surface area contributed by atoms with Crippen molar-refractivity contribution in [3.05, 3.63) is 65.7 Å². The number of hydrogen-bond donors (Lipinski definition) is 1. The molecular formula is C23H25NO2. The van der Waals surface area contributed by atoms with Crippen LogP contribution in [0.2, 0.25) is 0 Å². The lowest BCUT2D eigenvalue weighted by Crippen LogP contribution is -2.38. The van der Waals surface area contributed by atoms with Crippen molar-refractivity contribution < 1.29 is 9.53 Å². The van der Waals surface area contributed by atoms with Gasteiger partial charge in [-0.1, -0.05) is 48.9 Å². The molecule has 1 amide bonds. The lowest BCUT2D eigenvalue weighted by atomic mass is 9.94. The maximum Gasteiger partial charge on any atom is 0.252 e. The summed E-state index contributed by atoms with van der Waals surface area (Å²) in [5, 5.41) is 3.32. The molecule has 1 N–H and O–H groups in total. The highest BCUT2D eigenvalue weighted by Gasteiger charge is 2.40. The second-order valence-corrected chi connectivity index (χ2v) is 7.45. The van der Waals surface area contributed by atoms with Crippen molar-refractivity contribution in [3.63, 3.8) is 0 Å². The van der Waals surface area contributed by atoms with Gasteiger partial charge in [0.15, 0.2) is 0 Å². The van der Waals surface area contributed by atoms with Gasteiger partial charge in [-0.15, -0.1) is 0 Å². The van der Waals surface area contributed by atoms with Crippen LogP contribution in [0.4, 0.5) is 0 Å². The van der Waals surface area contributed by atoms with E-state index in [9.17, 15) is 4.79 Å². The van der Waals surface area contributed by atoms with Crippen LogP contribution in [0.3, 0.4) is 0 Å². The van der Waals surface area contributed by atoms with Crippen molar-refractivity contribution in [2.75, 3.05) is 7.11 Å². The second kappa shape index (κ2) is 7.36. The average Bonchev–Trinajstić information content (AvgIpc) is 3.30. The van der Waals surface area contributed by atoms with E-state index in [0.29, 0.717) is 12.0 Å². The van der Waals surface area contributed by atoms with E-state index in [-0.39, 0.29) is 5.91 Å². The Morgan fingerprint density at radius 2 is 1.81 bits per heavy atom. The zero-order chi connectivity index (χ0) is 17.9. The summed E-state index contributed by atoms with van der Waals surface area (Å²) in [5.41, 5.74) is 2.66. The minimum absolute atomic E-state index is 0.0320. The van der Waals surface area contributed by atoms with Gasteiger partial charge in [0, 0.05) is 11.6 Å². The highest BCUT2D eigenvalue weighted by molar-refractivity contribution is 6.24. The molecule has 2 bridgehead atoms. The fourth-order valence-electron chi connectivity index (χ4n) is 4.43. The molecule has 2 aliphatic rings. The van der Waals surface area contributed by atoms with Crippen LogP contribution >= 0.6 is 0 Å². The van der Waals surface area contributed by atoms with E-state index in [2.05, 4.69) is 5.32 Å². The van der Waals surface area contributed by atoms with Gasteiger partial charge in [-0.2, -0.15) is 0 Å². The second-order valence-electron chi connectivity index (χ2n) is 7.45. The lowest BCUT2D eigenvalue weighted by molar-refractivity contribution is -0.116. The Bertz CT molecular complexity index is 795. The van der Waals surface area contributed by atoms with Gasteiger partial charge in [0.2, 0.25) is 0 Å². The van der Waals surface area contributed by atoms with Crippen LogP contribution in [0.15, 0.2) is 54.6 Å². The molecule has 2 aromatic carbocycles. The molecule has 3 heteroatoms. The largest absolute Gasteiger partial charge is 0.497 e. The topological polar surface area (TPSA) is 38.3 Å². The molecule has 0 aliphatic heterocycles. The zero-order valence-electron chi connectivity index (χ0n) is 15.2. The maximum atomic E-state index is 13.1. The SMILES string of the molecule is COc1ccc(/C=C(/C(=O)N[C@H]2C[C@@H]3CC[C@H]2C3)c2ccccc2)cc1. The molecule has 134 valence electrons. The Kier molecular flexibility index (Phi) is 4.79. The van der Waals surface area contributed by atoms with E-state index >= 15 is 0 Å². The first kappa shape index (κ1) is 16.9. The number of nitrogens with one attached hydrogen (secondary N) is 1. The Balaban J connectivity index is 1.60. The number of fused-ring (bicyclic) bond motifs is 2. The van der Waals surface area contributed by atoms with Crippen LogP contribution < -0.4 is 10.1 Å². The summed E-state index contributed by atoms with van der Waals surface area (Å²) in [6.45, 7) is 0. The van der Waals surface area contributed by atoms with E-state index in [1.807, 2.05) is 60.7 Å². The number of carbonyl (C=O) groups excluding carboxylic acids is 1. The fourth-order valence-corrected chi connectivity index (χ4v) is 4.43. The summed E-state index contributed by atoms with van der Waals surface area (Å²) >= 11 is 0. The minimum atomic E-state index is 0.0320. The zero-order valence-corrected chi connectivity index (χ0v) is 15.2. The van der Waals surface area contributed by atoms with Crippen LogP contribution in [0.25, 0.3) is 11.6 Å². The lowest BCUT2D eigenvalue weighted by Gasteiger charge is -2.23. The predicted octanol–water partition coefficient (Wildman–Crippen LogP) is 4.54. The van der Waals surface area contributed by atoms with Gasteiger partial charge in [-0.05, 0) is 60.4 Å². The quantitative estimate of drug-likeness (QED) is 0.637. The van der Waals surface area contributed by atoms with Gasteiger partial charge in [0.05, 0.1) is 7.11 Å². The number of rotatable bonds is 5. The van der Waals surface area contributed by atoms with Gasteiger partial charge in [0.1, 0.15) is 5.75 Å². The van der Waals surface area contributed by atoms with E-state index in [1.165, 1.54) is 19.3 Å². The van der Waals surface area contributed by atoms with Crippen LogP contribution in [-0.4, -0.2) is 19.1 Å². The molecule has 3 atom stereocenters. The Hall–Kier alpha value is -2.55. The average molecular weight is 347 g/mol. The Labute approximate surface area is 155 Å². The van der Waals surface area contributed by atoms with Gasteiger partial charge >= 0.3 is 0 Å². The fraction of sp³-hybridized carbons (Fsp3) is 0.348. The first-order valence-electron chi connectivity index (χ1n) is 9.45.